The standard InChI is InChI=1S/C12H11F2N5O2/c13-7-2-1-6(9(14)4-7)3-10(20)17-12-8(5-16-18-12)11(15)19-21/h1-2,4-5,21H,3H2,(H2,15,19)(H2,16,17,18,20). The van der Waals surface area contributed by atoms with Crippen LogP contribution in [0.3, 0.4) is 0 Å². The van der Waals surface area contributed by atoms with E-state index in [9.17, 15) is 13.6 Å². The first-order valence-electron chi connectivity index (χ1n) is 5.76. The highest BCUT2D eigenvalue weighted by Gasteiger charge is 2.14. The fraction of sp³-hybridized carbons (Fsp3) is 0.0833. The van der Waals surface area contributed by atoms with Gasteiger partial charge in [0.1, 0.15) is 17.5 Å². The van der Waals surface area contributed by atoms with E-state index in [1.807, 2.05) is 0 Å². The van der Waals surface area contributed by atoms with Gasteiger partial charge in [-0.1, -0.05) is 11.2 Å². The molecule has 0 spiro atoms. The molecule has 1 amide bonds. The topological polar surface area (TPSA) is 116 Å². The van der Waals surface area contributed by atoms with Crippen molar-refractivity contribution in [1.29, 1.82) is 0 Å². The lowest BCUT2D eigenvalue weighted by molar-refractivity contribution is -0.115. The maximum atomic E-state index is 13.4. The summed E-state index contributed by atoms with van der Waals surface area (Å²) in [5, 5.41) is 19.9. The average molecular weight is 295 g/mol. The second kappa shape index (κ2) is 5.99. The van der Waals surface area contributed by atoms with Gasteiger partial charge >= 0.3 is 0 Å². The molecule has 0 saturated carbocycles. The molecule has 110 valence electrons. The lowest BCUT2D eigenvalue weighted by Gasteiger charge is -2.06. The Morgan fingerprint density at radius 2 is 2.24 bits per heavy atom. The van der Waals surface area contributed by atoms with Crippen LogP contribution < -0.4 is 11.1 Å². The molecule has 2 aromatic rings. The summed E-state index contributed by atoms with van der Waals surface area (Å²) in [6, 6.07) is 2.94. The molecule has 9 heteroatoms. The van der Waals surface area contributed by atoms with E-state index in [1.165, 1.54) is 12.3 Å². The summed E-state index contributed by atoms with van der Waals surface area (Å²) in [6.07, 6.45) is 0.948. The predicted octanol–water partition coefficient (Wildman–Crippen LogP) is 0.964. The number of hydrogen-bond acceptors (Lipinski definition) is 4. The van der Waals surface area contributed by atoms with Gasteiger partial charge in [0.25, 0.3) is 0 Å². The Bertz CT molecular complexity index is 699. The molecular weight excluding hydrogens is 284 g/mol. The van der Waals surface area contributed by atoms with Crippen molar-refractivity contribution in [2.45, 2.75) is 6.42 Å². The van der Waals surface area contributed by atoms with Crippen molar-refractivity contribution in [3.8, 4) is 0 Å². The fourth-order valence-corrected chi connectivity index (χ4v) is 1.65. The first-order chi connectivity index (χ1) is 10.0. The summed E-state index contributed by atoms with van der Waals surface area (Å²) in [4.78, 5) is 11.8. The number of rotatable bonds is 4. The van der Waals surface area contributed by atoms with Crippen LogP contribution >= 0.6 is 0 Å². The summed E-state index contributed by atoms with van der Waals surface area (Å²) in [5.74, 6) is -2.24. The molecule has 1 heterocycles. The number of aromatic amines is 1. The molecule has 21 heavy (non-hydrogen) atoms. The molecule has 0 fully saturated rings. The minimum atomic E-state index is -0.814. The molecule has 0 atom stereocenters. The summed E-state index contributed by atoms with van der Waals surface area (Å²) < 4.78 is 26.2. The smallest absolute Gasteiger partial charge is 0.230 e. The Morgan fingerprint density at radius 1 is 1.48 bits per heavy atom. The van der Waals surface area contributed by atoms with Gasteiger partial charge in [-0.2, -0.15) is 5.10 Å². The lowest BCUT2D eigenvalue weighted by atomic mass is 10.1. The maximum absolute atomic E-state index is 13.4. The van der Waals surface area contributed by atoms with E-state index >= 15 is 0 Å². The highest BCUT2D eigenvalue weighted by Crippen LogP contribution is 2.13. The number of H-pyrrole nitrogens is 1. The second-order valence-corrected chi connectivity index (χ2v) is 4.10. The zero-order valence-corrected chi connectivity index (χ0v) is 10.6. The summed E-state index contributed by atoms with van der Waals surface area (Å²) in [7, 11) is 0. The number of nitrogens with one attached hydrogen (secondary N) is 2. The van der Waals surface area contributed by atoms with Gasteiger partial charge in [0, 0.05) is 6.07 Å². The van der Waals surface area contributed by atoms with E-state index in [0.717, 1.165) is 6.07 Å². The number of halogens is 2. The van der Waals surface area contributed by atoms with E-state index in [0.29, 0.717) is 6.07 Å². The van der Waals surface area contributed by atoms with E-state index in [4.69, 9.17) is 10.9 Å². The van der Waals surface area contributed by atoms with E-state index in [-0.39, 0.29) is 29.2 Å². The van der Waals surface area contributed by atoms with Crippen molar-refractivity contribution in [3.63, 3.8) is 0 Å². The van der Waals surface area contributed by atoms with Crippen LogP contribution in [0.4, 0.5) is 14.6 Å². The molecule has 0 radical (unpaired) electrons. The van der Waals surface area contributed by atoms with Crippen LogP contribution in [0.25, 0.3) is 0 Å². The molecule has 1 aromatic heterocycles. The Kier molecular flexibility index (Phi) is 4.12. The lowest BCUT2D eigenvalue weighted by Crippen LogP contribution is -2.20. The number of benzene rings is 1. The van der Waals surface area contributed by atoms with Gasteiger partial charge in [-0.3, -0.25) is 9.89 Å². The number of carbonyl (C=O) groups is 1. The third-order valence-electron chi connectivity index (χ3n) is 2.65. The van der Waals surface area contributed by atoms with Crippen LogP contribution in [0.15, 0.2) is 29.6 Å². The van der Waals surface area contributed by atoms with Gasteiger partial charge in [-0.15, -0.1) is 0 Å². The van der Waals surface area contributed by atoms with Gasteiger partial charge in [0.15, 0.2) is 5.84 Å². The quantitative estimate of drug-likeness (QED) is 0.291. The Hall–Kier alpha value is -2.97. The predicted molar refractivity (Wildman–Crippen MR) is 69.8 cm³/mol. The monoisotopic (exact) mass is 295 g/mol. The number of amides is 1. The van der Waals surface area contributed by atoms with Crippen molar-refractivity contribution in [2.75, 3.05) is 5.32 Å². The maximum Gasteiger partial charge on any atom is 0.230 e. The van der Waals surface area contributed by atoms with E-state index in [2.05, 4.69) is 20.7 Å². The molecule has 1 aromatic carbocycles. The number of anilines is 1. The normalized spacial score (nSPS) is 11.4. The number of amidine groups is 1. The van der Waals surface area contributed by atoms with Gasteiger partial charge in [-0.25, -0.2) is 8.78 Å². The number of oxime groups is 1. The van der Waals surface area contributed by atoms with Gasteiger partial charge in [0.05, 0.1) is 18.2 Å². The Balaban J connectivity index is 2.11. The molecule has 5 N–H and O–H groups in total. The molecule has 0 unspecified atom stereocenters. The Labute approximate surface area is 117 Å². The number of aromatic nitrogens is 2. The highest BCUT2D eigenvalue weighted by atomic mass is 19.1. The van der Waals surface area contributed by atoms with Crippen molar-refractivity contribution in [2.24, 2.45) is 10.9 Å². The van der Waals surface area contributed by atoms with Crippen molar-refractivity contribution in [3.05, 3.63) is 47.2 Å². The summed E-state index contributed by atoms with van der Waals surface area (Å²) in [5.41, 5.74) is 5.62. The van der Waals surface area contributed by atoms with Gasteiger partial charge in [0.2, 0.25) is 5.91 Å². The van der Waals surface area contributed by atoms with Gasteiger partial charge in [-0.05, 0) is 11.6 Å². The molecule has 0 aliphatic carbocycles. The third-order valence-corrected chi connectivity index (χ3v) is 2.65. The first-order valence-corrected chi connectivity index (χ1v) is 5.76. The highest BCUT2D eigenvalue weighted by molar-refractivity contribution is 6.04. The molecule has 7 nitrogen and oxygen atoms in total. The minimum Gasteiger partial charge on any atom is -0.409 e. The minimum absolute atomic E-state index is 0.0405. The van der Waals surface area contributed by atoms with Crippen molar-refractivity contribution < 1.29 is 18.8 Å². The van der Waals surface area contributed by atoms with E-state index < -0.39 is 17.5 Å². The number of carbonyl (C=O) groups excluding carboxylic acids is 1. The second-order valence-electron chi connectivity index (χ2n) is 4.10. The van der Waals surface area contributed by atoms with Crippen LogP contribution in [0, 0.1) is 11.6 Å². The van der Waals surface area contributed by atoms with Crippen molar-refractivity contribution in [1.82, 2.24) is 10.2 Å². The largest absolute Gasteiger partial charge is 0.409 e. The first kappa shape index (κ1) is 14.4. The number of nitrogens with zero attached hydrogens (tertiary/aromatic N) is 2. The zero-order chi connectivity index (χ0) is 15.4. The van der Waals surface area contributed by atoms with Crippen LogP contribution in [-0.4, -0.2) is 27.1 Å². The number of hydrogen-bond donors (Lipinski definition) is 4. The molecule has 0 aliphatic heterocycles. The van der Waals surface area contributed by atoms with Gasteiger partial charge < -0.3 is 16.3 Å². The molecule has 0 saturated heterocycles. The fourth-order valence-electron chi connectivity index (χ4n) is 1.65. The van der Waals surface area contributed by atoms with Crippen LogP contribution in [0.2, 0.25) is 0 Å². The van der Waals surface area contributed by atoms with Crippen LogP contribution in [0.5, 0.6) is 0 Å². The Morgan fingerprint density at radius 3 is 2.90 bits per heavy atom. The molecular formula is C12H11F2N5O2. The van der Waals surface area contributed by atoms with Crippen molar-refractivity contribution >= 4 is 17.6 Å². The number of nitrogens with two attached hydrogens (primary N) is 1. The third kappa shape index (κ3) is 3.32. The zero-order valence-electron chi connectivity index (χ0n) is 10.6. The SMILES string of the molecule is N/C(=N/O)c1cn[nH]c1NC(=O)Cc1ccc(F)cc1F. The van der Waals surface area contributed by atoms with E-state index in [1.54, 1.807) is 0 Å². The molecule has 2 rings (SSSR count). The summed E-state index contributed by atoms with van der Waals surface area (Å²) in [6.45, 7) is 0. The van der Waals surface area contributed by atoms with Crippen LogP contribution in [-0.2, 0) is 11.2 Å². The molecule has 0 bridgehead atoms. The summed E-state index contributed by atoms with van der Waals surface area (Å²) >= 11 is 0. The molecule has 0 aliphatic rings. The average Bonchev–Trinajstić information content (AvgIpc) is 2.89. The van der Waals surface area contributed by atoms with Crippen LogP contribution in [0.1, 0.15) is 11.1 Å².